The molecule has 3 rings (SSSR count). The molecular weight excluding hydrogens is 362 g/mol. The van der Waals surface area contributed by atoms with Gasteiger partial charge >= 0.3 is 0 Å². The van der Waals surface area contributed by atoms with E-state index in [1.807, 2.05) is 17.9 Å². The van der Waals surface area contributed by atoms with Crippen molar-refractivity contribution in [3.63, 3.8) is 0 Å². The third-order valence-corrected chi connectivity index (χ3v) is 5.37. The molecule has 6 heteroatoms. The number of hydrogen-bond acceptors (Lipinski definition) is 3. The Hall–Kier alpha value is -2.50. The summed E-state index contributed by atoms with van der Waals surface area (Å²) in [5, 5.41) is 7.78. The van der Waals surface area contributed by atoms with Gasteiger partial charge in [0, 0.05) is 45.3 Å². The summed E-state index contributed by atoms with van der Waals surface area (Å²) in [7, 11) is 1.98. The second kappa shape index (κ2) is 10.9. The molecule has 0 bridgehead atoms. The van der Waals surface area contributed by atoms with E-state index in [1.165, 1.54) is 11.1 Å². The van der Waals surface area contributed by atoms with E-state index >= 15 is 0 Å². The van der Waals surface area contributed by atoms with E-state index in [4.69, 9.17) is 9.73 Å². The van der Waals surface area contributed by atoms with E-state index in [2.05, 4.69) is 59.6 Å². The highest BCUT2D eigenvalue weighted by Gasteiger charge is 2.26. The Morgan fingerprint density at radius 2 is 2.10 bits per heavy atom. The topological polar surface area (TPSA) is 54.7 Å². The Bertz CT molecular complexity index is 768. The van der Waals surface area contributed by atoms with E-state index in [0.29, 0.717) is 5.92 Å². The predicted molar refractivity (Wildman–Crippen MR) is 119 cm³/mol. The third kappa shape index (κ3) is 6.24. The highest BCUT2D eigenvalue weighted by atomic mass is 16.5. The van der Waals surface area contributed by atoms with E-state index in [-0.39, 0.29) is 0 Å². The molecule has 2 aromatic rings. The van der Waals surface area contributed by atoms with Crippen LogP contribution in [0.4, 0.5) is 0 Å². The molecule has 0 saturated carbocycles. The number of unbranched alkanes of at least 4 members (excludes halogenated alkanes) is 1. The number of nitrogens with zero attached hydrogens (tertiary/aromatic N) is 4. The van der Waals surface area contributed by atoms with Crippen LogP contribution in [0.15, 0.2) is 41.7 Å². The molecule has 0 radical (unpaired) electrons. The first-order chi connectivity index (χ1) is 14.2. The van der Waals surface area contributed by atoms with E-state index in [1.54, 1.807) is 0 Å². The molecule has 1 aromatic heterocycles. The molecule has 1 unspecified atom stereocenters. The average Bonchev–Trinajstić information content (AvgIpc) is 3.38. The molecule has 1 aliphatic rings. The van der Waals surface area contributed by atoms with Crippen LogP contribution in [0.25, 0.3) is 0 Å². The first-order valence-electron chi connectivity index (χ1n) is 10.9. The van der Waals surface area contributed by atoms with E-state index in [9.17, 15) is 0 Å². The maximum absolute atomic E-state index is 5.74. The van der Waals surface area contributed by atoms with Gasteiger partial charge in [-0.25, -0.2) is 0 Å². The molecular formula is C23H35N5O. The molecule has 0 spiro atoms. The van der Waals surface area contributed by atoms with Crippen LogP contribution >= 0.6 is 0 Å². The zero-order valence-electron chi connectivity index (χ0n) is 18.1. The summed E-state index contributed by atoms with van der Waals surface area (Å²) >= 11 is 0. The van der Waals surface area contributed by atoms with Crippen molar-refractivity contribution >= 4 is 5.96 Å². The summed E-state index contributed by atoms with van der Waals surface area (Å²) in [6.45, 7) is 8.80. The molecule has 158 valence electrons. The number of ether oxygens (including phenoxy) is 1. The van der Waals surface area contributed by atoms with Gasteiger partial charge in [-0.1, -0.05) is 25.5 Å². The van der Waals surface area contributed by atoms with Crippen LogP contribution in [-0.4, -0.2) is 53.4 Å². The van der Waals surface area contributed by atoms with Crippen LogP contribution in [0.2, 0.25) is 0 Å². The Morgan fingerprint density at radius 3 is 2.79 bits per heavy atom. The smallest absolute Gasteiger partial charge is 0.193 e. The number of aryl methyl sites for hydroxylation is 1. The largest absolute Gasteiger partial charge is 0.494 e. The minimum atomic E-state index is 0.535. The van der Waals surface area contributed by atoms with Crippen molar-refractivity contribution in [2.24, 2.45) is 12.0 Å². The third-order valence-electron chi connectivity index (χ3n) is 5.37. The fourth-order valence-electron chi connectivity index (χ4n) is 3.68. The minimum Gasteiger partial charge on any atom is -0.494 e. The molecule has 1 fully saturated rings. The number of likely N-dealkylation sites (tertiary alicyclic amines) is 1. The molecule has 1 atom stereocenters. The van der Waals surface area contributed by atoms with Gasteiger partial charge < -0.3 is 15.0 Å². The Kier molecular flexibility index (Phi) is 7.96. The van der Waals surface area contributed by atoms with Crippen LogP contribution in [0, 0.1) is 0 Å². The molecule has 1 saturated heterocycles. The summed E-state index contributed by atoms with van der Waals surface area (Å²) in [6, 6.07) is 8.44. The van der Waals surface area contributed by atoms with Crippen LogP contribution < -0.4 is 10.1 Å². The number of benzene rings is 1. The molecule has 1 aliphatic heterocycles. The van der Waals surface area contributed by atoms with Crippen LogP contribution in [0.5, 0.6) is 5.75 Å². The minimum absolute atomic E-state index is 0.535. The lowest BCUT2D eigenvalue weighted by molar-refractivity contribution is 0.309. The van der Waals surface area contributed by atoms with Crippen molar-refractivity contribution in [1.29, 1.82) is 0 Å². The Morgan fingerprint density at radius 1 is 1.28 bits per heavy atom. The highest BCUT2D eigenvalue weighted by molar-refractivity contribution is 5.80. The lowest BCUT2D eigenvalue weighted by Crippen LogP contribution is -2.40. The van der Waals surface area contributed by atoms with Gasteiger partial charge in [0.15, 0.2) is 5.96 Å². The van der Waals surface area contributed by atoms with Gasteiger partial charge in [-0.05, 0) is 49.4 Å². The van der Waals surface area contributed by atoms with Gasteiger partial charge in [0.05, 0.1) is 12.8 Å². The van der Waals surface area contributed by atoms with E-state index < -0.39 is 0 Å². The number of aromatic nitrogens is 2. The molecule has 1 N–H and O–H groups in total. The summed E-state index contributed by atoms with van der Waals surface area (Å²) in [5.74, 6) is 2.52. The quantitative estimate of drug-likeness (QED) is 0.399. The standard InChI is InChI=1S/C23H35N5O/c1-4-6-15-29-22-9-7-19(8-10-22)11-13-25-23(24-5-2)28-14-12-20(18-28)21-16-26-27(3)17-21/h7-10,16-17,20H,4-6,11-15,18H2,1-3H3,(H,24,25). The maximum atomic E-state index is 5.74. The zero-order chi connectivity index (χ0) is 20.5. The van der Waals surface area contributed by atoms with Gasteiger partial charge in [-0.2, -0.15) is 5.10 Å². The zero-order valence-corrected chi connectivity index (χ0v) is 18.1. The van der Waals surface area contributed by atoms with Crippen LogP contribution in [0.3, 0.4) is 0 Å². The molecule has 29 heavy (non-hydrogen) atoms. The molecule has 2 heterocycles. The summed E-state index contributed by atoms with van der Waals surface area (Å²) in [5.41, 5.74) is 2.62. The van der Waals surface area contributed by atoms with Crippen molar-refractivity contribution < 1.29 is 4.74 Å². The summed E-state index contributed by atoms with van der Waals surface area (Å²) < 4.78 is 7.63. The van der Waals surface area contributed by atoms with Crippen molar-refractivity contribution in [3.8, 4) is 5.75 Å². The monoisotopic (exact) mass is 397 g/mol. The fraction of sp³-hybridized carbons (Fsp3) is 0.565. The lowest BCUT2D eigenvalue weighted by Gasteiger charge is -2.21. The molecule has 0 amide bonds. The number of nitrogens with one attached hydrogen (secondary N) is 1. The maximum Gasteiger partial charge on any atom is 0.193 e. The number of hydrogen-bond donors (Lipinski definition) is 1. The van der Waals surface area contributed by atoms with Gasteiger partial charge in [0.1, 0.15) is 5.75 Å². The fourth-order valence-corrected chi connectivity index (χ4v) is 3.68. The first-order valence-corrected chi connectivity index (χ1v) is 10.9. The summed E-state index contributed by atoms with van der Waals surface area (Å²) in [4.78, 5) is 7.27. The van der Waals surface area contributed by atoms with Gasteiger partial charge in [0.2, 0.25) is 0 Å². The highest BCUT2D eigenvalue weighted by Crippen LogP contribution is 2.26. The summed E-state index contributed by atoms with van der Waals surface area (Å²) in [6.07, 6.45) is 8.47. The number of guanidine groups is 1. The van der Waals surface area contributed by atoms with Crippen molar-refractivity contribution in [1.82, 2.24) is 20.0 Å². The number of rotatable bonds is 9. The number of aliphatic imine (C=N–C) groups is 1. The van der Waals surface area contributed by atoms with Crippen molar-refractivity contribution in [2.45, 2.75) is 45.4 Å². The second-order valence-corrected chi connectivity index (χ2v) is 7.71. The average molecular weight is 398 g/mol. The van der Waals surface area contributed by atoms with Crippen molar-refractivity contribution in [2.75, 3.05) is 32.8 Å². The SMILES string of the molecule is CCCCOc1ccc(CCN=C(NCC)N2CCC(c3cnn(C)c3)C2)cc1. The molecule has 0 aliphatic carbocycles. The Labute approximate surface area is 175 Å². The molecule has 1 aromatic carbocycles. The van der Waals surface area contributed by atoms with Gasteiger partial charge in [0.25, 0.3) is 0 Å². The second-order valence-electron chi connectivity index (χ2n) is 7.71. The van der Waals surface area contributed by atoms with Crippen LogP contribution in [-0.2, 0) is 13.5 Å². The van der Waals surface area contributed by atoms with Crippen LogP contribution in [0.1, 0.15) is 50.2 Å². The first kappa shape index (κ1) is 21.2. The van der Waals surface area contributed by atoms with Gasteiger partial charge in [-0.15, -0.1) is 0 Å². The predicted octanol–water partition coefficient (Wildman–Crippen LogP) is 3.60. The van der Waals surface area contributed by atoms with Crippen molar-refractivity contribution in [3.05, 3.63) is 47.8 Å². The lowest BCUT2D eigenvalue weighted by atomic mass is 10.0. The van der Waals surface area contributed by atoms with Gasteiger partial charge in [-0.3, -0.25) is 9.67 Å². The Balaban J connectivity index is 1.51. The normalized spacial score (nSPS) is 17.0. The van der Waals surface area contributed by atoms with E-state index in [0.717, 1.165) is 70.2 Å². The molecule has 6 nitrogen and oxygen atoms in total.